The highest BCUT2D eigenvalue weighted by Gasteiger charge is 2.52. The molecule has 0 saturated heterocycles. The molecule has 0 amide bonds. The van der Waals surface area contributed by atoms with Crippen molar-refractivity contribution in [3.05, 3.63) is 56.9 Å². The van der Waals surface area contributed by atoms with E-state index in [1.807, 2.05) is 6.07 Å². The monoisotopic (exact) mass is 397 g/mol. The van der Waals surface area contributed by atoms with Gasteiger partial charge in [0, 0.05) is 10.0 Å². The van der Waals surface area contributed by atoms with Crippen LogP contribution in [-0.2, 0) is 15.4 Å². The number of allylic oxidation sites excluding steroid dienone is 1. The molecule has 7 nitrogen and oxygen atoms in total. The van der Waals surface area contributed by atoms with Crippen LogP contribution < -0.4 is 5.73 Å². The Morgan fingerprint density at radius 2 is 1.80 bits per heavy atom. The van der Waals surface area contributed by atoms with Gasteiger partial charge < -0.3 is 15.3 Å². The molecular formula is C17H12BrN5O2. The van der Waals surface area contributed by atoms with Crippen LogP contribution in [0.2, 0.25) is 0 Å². The van der Waals surface area contributed by atoms with Crippen molar-refractivity contribution in [1.82, 2.24) is 0 Å². The van der Waals surface area contributed by atoms with E-state index in [1.54, 1.807) is 50.3 Å². The molecule has 1 aliphatic rings. The molecule has 25 heavy (non-hydrogen) atoms. The van der Waals surface area contributed by atoms with Gasteiger partial charge in [-0.25, -0.2) is 0 Å². The molecule has 1 heterocycles. The summed E-state index contributed by atoms with van der Waals surface area (Å²) in [4.78, 5) is 5.60. The van der Waals surface area contributed by atoms with Gasteiger partial charge in [0.2, 0.25) is 5.88 Å². The van der Waals surface area contributed by atoms with Gasteiger partial charge in [0.1, 0.15) is 29.4 Å². The quantitative estimate of drug-likeness (QED) is 0.473. The molecule has 1 aromatic rings. The van der Waals surface area contributed by atoms with E-state index >= 15 is 0 Å². The Balaban J connectivity index is 2.84. The lowest BCUT2D eigenvalue weighted by atomic mass is 9.90. The number of hydrogen-bond acceptors (Lipinski definition) is 7. The summed E-state index contributed by atoms with van der Waals surface area (Å²) in [6, 6.07) is 12.2. The summed E-state index contributed by atoms with van der Waals surface area (Å²) in [6.45, 7) is 3.40. The number of benzene rings is 1. The SMILES string of the molecule is CC(C)=NO[C@]1(c2ccc(Br)cc2)OC(N)=C(C#N)C1=C(C#N)C#N. The summed E-state index contributed by atoms with van der Waals surface area (Å²) in [5, 5.41) is 32.0. The number of rotatable bonds is 3. The first-order valence-corrected chi connectivity index (χ1v) is 7.78. The van der Waals surface area contributed by atoms with Crippen molar-refractivity contribution in [2.24, 2.45) is 10.9 Å². The average molecular weight is 398 g/mol. The highest BCUT2D eigenvalue weighted by Crippen LogP contribution is 2.47. The smallest absolute Gasteiger partial charge is 0.333 e. The summed E-state index contributed by atoms with van der Waals surface area (Å²) < 4.78 is 6.45. The predicted molar refractivity (Wildman–Crippen MR) is 91.9 cm³/mol. The second-order valence-corrected chi connectivity index (χ2v) is 6.10. The van der Waals surface area contributed by atoms with Crippen LogP contribution in [0.1, 0.15) is 19.4 Å². The molecule has 0 aliphatic carbocycles. The van der Waals surface area contributed by atoms with E-state index in [1.165, 1.54) is 0 Å². The Hall–Kier alpha value is -3.28. The summed E-state index contributed by atoms with van der Waals surface area (Å²) in [6.07, 6.45) is 0. The van der Waals surface area contributed by atoms with Crippen molar-refractivity contribution in [3.63, 3.8) is 0 Å². The largest absolute Gasteiger partial charge is 0.426 e. The van der Waals surface area contributed by atoms with Crippen molar-refractivity contribution in [2.75, 3.05) is 0 Å². The van der Waals surface area contributed by atoms with E-state index < -0.39 is 5.79 Å². The van der Waals surface area contributed by atoms with Crippen LogP contribution >= 0.6 is 15.9 Å². The number of oxime groups is 1. The Morgan fingerprint density at radius 1 is 1.20 bits per heavy atom. The lowest BCUT2D eigenvalue weighted by Crippen LogP contribution is -2.32. The standard InChI is InChI=1S/C17H12BrN5O2/c1-10(2)23-25-17(12-3-5-13(18)6-4-12)15(11(7-19)8-20)14(9-21)16(22)24-17/h3-6H,22H2,1-2H3/t17-/m0/s1. The first-order chi connectivity index (χ1) is 11.9. The molecule has 0 radical (unpaired) electrons. The van der Waals surface area contributed by atoms with Crippen molar-refractivity contribution in [3.8, 4) is 18.2 Å². The molecule has 2 rings (SSSR count). The summed E-state index contributed by atoms with van der Waals surface area (Å²) in [7, 11) is 0. The molecule has 8 heteroatoms. The third kappa shape index (κ3) is 3.19. The van der Waals surface area contributed by atoms with Gasteiger partial charge in [0.25, 0.3) is 0 Å². The maximum atomic E-state index is 9.43. The summed E-state index contributed by atoms with van der Waals surface area (Å²) in [5.41, 5.74) is 6.27. The van der Waals surface area contributed by atoms with Crippen LogP contribution in [0.3, 0.4) is 0 Å². The molecule has 1 aromatic carbocycles. The first kappa shape index (κ1) is 18.1. The number of nitrogens with two attached hydrogens (primary N) is 1. The molecule has 0 bridgehead atoms. The minimum absolute atomic E-state index is 0.0650. The molecule has 1 aliphatic heterocycles. The fraction of sp³-hybridized carbons (Fsp3) is 0.176. The third-order valence-corrected chi connectivity index (χ3v) is 3.77. The zero-order valence-corrected chi connectivity index (χ0v) is 15.0. The number of nitrogens with zero attached hydrogens (tertiary/aromatic N) is 4. The second kappa shape index (κ2) is 7.09. The van der Waals surface area contributed by atoms with Crippen LogP contribution in [0.5, 0.6) is 0 Å². The van der Waals surface area contributed by atoms with Gasteiger partial charge in [-0.05, 0) is 38.1 Å². The highest BCUT2D eigenvalue weighted by atomic mass is 79.9. The van der Waals surface area contributed by atoms with Crippen LogP contribution in [0.25, 0.3) is 0 Å². The number of ether oxygens (including phenoxy) is 1. The van der Waals surface area contributed by atoms with Gasteiger partial charge in [-0.3, -0.25) is 0 Å². The van der Waals surface area contributed by atoms with Crippen molar-refractivity contribution in [2.45, 2.75) is 19.6 Å². The van der Waals surface area contributed by atoms with E-state index in [0.717, 1.165) is 4.47 Å². The number of nitriles is 3. The van der Waals surface area contributed by atoms with Gasteiger partial charge in [0.05, 0.1) is 11.3 Å². The van der Waals surface area contributed by atoms with Gasteiger partial charge in [0.15, 0.2) is 0 Å². The van der Waals surface area contributed by atoms with Crippen LogP contribution in [0.4, 0.5) is 0 Å². The maximum absolute atomic E-state index is 9.43. The van der Waals surface area contributed by atoms with Crippen LogP contribution in [0, 0.1) is 34.0 Å². The molecule has 1 atom stereocenters. The lowest BCUT2D eigenvalue weighted by Gasteiger charge is -2.28. The molecular weight excluding hydrogens is 386 g/mol. The van der Waals surface area contributed by atoms with E-state index in [0.29, 0.717) is 11.3 Å². The average Bonchev–Trinajstić information content (AvgIpc) is 2.88. The van der Waals surface area contributed by atoms with Crippen molar-refractivity contribution < 1.29 is 9.57 Å². The minimum Gasteiger partial charge on any atom is -0.426 e. The first-order valence-electron chi connectivity index (χ1n) is 6.99. The van der Waals surface area contributed by atoms with E-state index in [-0.39, 0.29) is 22.6 Å². The topological polar surface area (TPSA) is 128 Å². The maximum Gasteiger partial charge on any atom is 0.333 e. The van der Waals surface area contributed by atoms with Gasteiger partial charge >= 0.3 is 5.79 Å². The molecule has 0 saturated carbocycles. The number of hydrogen-bond donors (Lipinski definition) is 1. The van der Waals surface area contributed by atoms with E-state index in [2.05, 4.69) is 21.1 Å². The molecule has 0 aromatic heterocycles. The third-order valence-electron chi connectivity index (χ3n) is 3.25. The Bertz CT molecular complexity index is 906. The Kier molecular flexibility index (Phi) is 5.12. The van der Waals surface area contributed by atoms with Gasteiger partial charge in [-0.1, -0.05) is 21.1 Å². The van der Waals surface area contributed by atoms with E-state index in [9.17, 15) is 15.8 Å². The van der Waals surface area contributed by atoms with Gasteiger partial charge in [-0.15, -0.1) is 0 Å². The lowest BCUT2D eigenvalue weighted by molar-refractivity contribution is -0.187. The van der Waals surface area contributed by atoms with Crippen molar-refractivity contribution in [1.29, 1.82) is 15.8 Å². The molecule has 0 fully saturated rings. The second-order valence-electron chi connectivity index (χ2n) is 5.18. The van der Waals surface area contributed by atoms with Gasteiger partial charge in [-0.2, -0.15) is 15.8 Å². The Labute approximate surface area is 153 Å². The summed E-state index contributed by atoms with van der Waals surface area (Å²) >= 11 is 3.33. The van der Waals surface area contributed by atoms with Crippen molar-refractivity contribution >= 4 is 21.6 Å². The minimum atomic E-state index is -1.80. The van der Waals surface area contributed by atoms with E-state index in [4.69, 9.17) is 15.3 Å². The fourth-order valence-electron chi connectivity index (χ4n) is 2.23. The Morgan fingerprint density at radius 3 is 2.28 bits per heavy atom. The molecule has 2 N–H and O–H groups in total. The molecule has 0 spiro atoms. The van der Waals surface area contributed by atoms with Crippen LogP contribution in [0.15, 0.2) is 56.5 Å². The fourth-order valence-corrected chi connectivity index (χ4v) is 2.49. The predicted octanol–water partition coefficient (Wildman–Crippen LogP) is 3.08. The zero-order valence-electron chi connectivity index (χ0n) is 13.4. The number of halogens is 1. The summed E-state index contributed by atoms with van der Waals surface area (Å²) in [5.74, 6) is -2.04. The molecule has 124 valence electrons. The zero-order chi connectivity index (χ0) is 18.6. The normalized spacial score (nSPS) is 18.5. The molecule has 0 unspecified atom stereocenters. The highest BCUT2D eigenvalue weighted by molar-refractivity contribution is 9.10. The van der Waals surface area contributed by atoms with Crippen LogP contribution in [-0.4, -0.2) is 5.71 Å².